The average molecular weight is 303 g/mol. The third kappa shape index (κ3) is 2.67. The fraction of sp³-hybridized carbons (Fsp3) is 0.294. The van der Waals surface area contributed by atoms with Gasteiger partial charge in [0.05, 0.1) is 4.83 Å². The van der Waals surface area contributed by atoms with E-state index in [2.05, 4.69) is 79.2 Å². The van der Waals surface area contributed by atoms with Crippen molar-refractivity contribution in [3.05, 3.63) is 70.3 Å². The zero-order valence-electron chi connectivity index (χ0n) is 11.2. The molecule has 2 rings (SSSR count). The van der Waals surface area contributed by atoms with Crippen molar-refractivity contribution in [1.29, 1.82) is 0 Å². The van der Waals surface area contributed by atoms with Crippen LogP contribution < -0.4 is 0 Å². The molecule has 0 aliphatic carbocycles. The van der Waals surface area contributed by atoms with E-state index in [4.69, 9.17) is 0 Å². The summed E-state index contributed by atoms with van der Waals surface area (Å²) in [4.78, 5) is 0.286. The Bertz CT molecular complexity index is 543. The summed E-state index contributed by atoms with van der Waals surface area (Å²) in [7, 11) is 0. The fourth-order valence-electron chi connectivity index (χ4n) is 2.30. The molecular formula is C17H19Br. The van der Waals surface area contributed by atoms with Gasteiger partial charge in [0.25, 0.3) is 0 Å². The monoisotopic (exact) mass is 302 g/mol. The molecule has 2 aromatic carbocycles. The molecule has 1 heteroatoms. The standard InChI is InChI=1S/C17H19Br/c1-4-14-7-5-6-8-15(14)17(18)16-11-12(2)9-10-13(16)3/h5-11,17H,4H2,1-3H3. The van der Waals surface area contributed by atoms with Crippen molar-refractivity contribution in [3.63, 3.8) is 0 Å². The first kappa shape index (κ1) is 13.4. The maximum absolute atomic E-state index is 3.87. The molecule has 0 saturated heterocycles. The number of alkyl halides is 1. The van der Waals surface area contributed by atoms with Crippen molar-refractivity contribution < 1.29 is 0 Å². The molecule has 0 N–H and O–H groups in total. The first-order chi connectivity index (χ1) is 8.63. The Morgan fingerprint density at radius 3 is 2.44 bits per heavy atom. The Balaban J connectivity index is 2.47. The minimum absolute atomic E-state index is 0.286. The van der Waals surface area contributed by atoms with Gasteiger partial charge in [-0.15, -0.1) is 0 Å². The molecule has 2 aromatic rings. The molecule has 1 atom stereocenters. The van der Waals surface area contributed by atoms with Gasteiger partial charge in [0.2, 0.25) is 0 Å². The maximum Gasteiger partial charge on any atom is 0.0649 e. The largest absolute Gasteiger partial charge is 0.0786 e. The molecule has 0 spiro atoms. The van der Waals surface area contributed by atoms with Crippen molar-refractivity contribution in [3.8, 4) is 0 Å². The Kier molecular flexibility index (Phi) is 4.23. The topological polar surface area (TPSA) is 0 Å². The lowest BCUT2D eigenvalue weighted by molar-refractivity contribution is 1.04. The van der Waals surface area contributed by atoms with E-state index in [1.807, 2.05) is 0 Å². The highest BCUT2D eigenvalue weighted by Gasteiger charge is 2.15. The van der Waals surface area contributed by atoms with Crippen LogP contribution in [0.15, 0.2) is 42.5 Å². The summed E-state index contributed by atoms with van der Waals surface area (Å²) in [5.41, 5.74) is 6.83. The van der Waals surface area contributed by atoms with E-state index < -0.39 is 0 Å². The molecule has 0 heterocycles. The van der Waals surface area contributed by atoms with Gasteiger partial charge in [0.1, 0.15) is 0 Å². The molecule has 1 unspecified atom stereocenters. The summed E-state index contributed by atoms with van der Waals surface area (Å²) < 4.78 is 0. The molecule has 0 aliphatic heterocycles. The van der Waals surface area contributed by atoms with Gasteiger partial charge >= 0.3 is 0 Å². The molecule has 94 valence electrons. The van der Waals surface area contributed by atoms with Gasteiger partial charge in [-0.3, -0.25) is 0 Å². The SMILES string of the molecule is CCc1ccccc1C(Br)c1cc(C)ccc1C. The molecule has 0 nitrogen and oxygen atoms in total. The molecule has 0 saturated carbocycles. The summed E-state index contributed by atoms with van der Waals surface area (Å²) in [6.45, 7) is 6.54. The average Bonchev–Trinajstić information content (AvgIpc) is 2.40. The normalized spacial score (nSPS) is 12.4. The van der Waals surface area contributed by atoms with Crippen LogP contribution in [0.25, 0.3) is 0 Å². The highest BCUT2D eigenvalue weighted by Crippen LogP contribution is 2.35. The Hall–Kier alpha value is -1.08. The van der Waals surface area contributed by atoms with Crippen LogP contribution in [0.3, 0.4) is 0 Å². The predicted molar refractivity (Wildman–Crippen MR) is 82.5 cm³/mol. The van der Waals surface area contributed by atoms with Gasteiger partial charge in [-0.05, 0) is 42.5 Å². The second kappa shape index (κ2) is 5.71. The number of rotatable bonds is 3. The third-order valence-electron chi connectivity index (χ3n) is 3.42. The van der Waals surface area contributed by atoms with Crippen molar-refractivity contribution >= 4 is 15.9 Å². The lowest BCUT2D eigenvalue weighted by atomic mass is 9.94. The zero-order chi connectivity index (χ0) is 13.1. The molecule has 0 aliphatic rings. The van der Waals surface area contributed by atoms with Crippen LogP contribution in [0, 0.1) is 13.8 Å². The van der Waals surface area contributed by atoms with E-state index in [-0.39, 0.29) is 4.83 Å². The Morgan fingerprint density at radius 2 is 1.72 bits per heavy atom. The van der Waals surface area contributed by atoms with Crippen molar-refractivity contribution in [2.75, 3.05) is 0 Å². The minimum Gasteiger partial charge on any atom is -0.0786 e. The number of hydrogen-bond donors (Lipinski definition) is 0. The van der Waals surface area contributed by atoms with E-state index in [1.165, 1.54) is 27.8 Å². The zero-order valence-corrected chi connectivity index (χ0v) is 12.8. The Morgan fingerprint density at radius 1 is 1.00 bits per heavy atom. The highest BCUT2D eigenvalue weighted by atomic mass is 79.9. The van der Waals surface area contributed by atoms with Gasteiger partial charge in [-0.2, -0.15) is 0 Å². The van der Waals surface area contributed by atoms with Crippen molar-refractivity contribution in [2.24, 2.45) is 0 Å². The summed E-state index contributed by atoms with van der Waals surface area (Å²) in [6, 6.07) is 15.3. The number of aryl methyl sites for hydroxylation is 3. The predicted octanol–water partition coefficient (Wildman–Crippen LogP) is 5.35. The van der Waals surface area contributed by atoms with E-state index in [0.717, 1.165) is 6.42 Å². The van der Waals surface area contributed by atoms with Crippen LogP contribution in [0.4, 0.5) is 0 Å². The molecular weight excluding hydrogens is 284 g/mol. The van der Waals surface area contributed by atoms with Crippen LogP contribution in [0.2, 0.25) is 0 Å². The van der Waals surface area contributed by atoms with E-state index >= 15 is 0 Å². The van der Waals surface area contributed by atoms with Crippen LogP contribution in [-0.4, -0.2) is 0 Å². The minimum atomic E-state index is 0.286. The molecule has 0 bridgehead atoms. The quantitative estimate of drug-likeness (QED) is 0.670. The van der Waals surface area contributed by atoms with E-state index in [1.54, 1.807) is 0 Å². The van der Waals surface area contributed by atoms with Crippen LogP contribution in [0.1, 0.15) is 39.6 Å². The summed E-state index contributed by atoms with van der Waals surface area (Å²) in [6.07, 6.45) is 1.07. The smallest absolute Gasteiger partial charge is 0.0649 e. The second-order valence-corrected chi connectivity index (χ2v) is 5.69. The van der Waals surface area contributed by atoms with Gasteiger partial charge in [0, 0.05) is 0 Å². The Labute approximate surface area is 118 Å². The van der Waals surface area contributed by atoms with E-state index in [9.17, 15) is 0 Å². The van der Waals surface area contributed by atoms with Gasteiger partial charge in [-0.1, -0.05) is 70.9 Å². The molecule has 0 fully saturated rings. The molecule has 18 heavy (non-hydrogen) atoms. The van der Waals surface area contributed by atoms with Crippen molar-refractivity contribution in [1.82, 2.24) is 0 Å². The first-order valence-electron chi connectivity index (χ1n) is 6.42. The third-order valence-corrected chi connectivity index (χ3v) is 4.40. The van der Waals surface area contributed by atoms with Gasteiger partial charge in [-0.25, -0.2) is 0 Å². The second-order valence-electron chi connectivity index (χ2n) is 4.77. The van der Waals surface area contributed by atoms with Gasteiger partial charge < -0.3 is 0 Å². The molecule has 0 radical (unpaired) electrons. The lowest BCUT2D eigenvalue weighted by Crippen LogP contribution is -2.00. The van der Waals surface area contributed by atoms with Crippen LogP contribution in [-0.2, 0) is 6.42 Å². The number of hydrogen-bond acceptors (Lipinski definition) is 0. The number of benzene rings is 2. The van der Waals surface area contributed by atoms with Crippen LogP contribution >= 0.6 is 15.9 Å². The fourth-order valence-corrected chi connectivity index (χ4v) is 3.24. The van der Waals surface area contributed by atoms with E-state index in [0.29, 0.717) is 0 Å². The molecule has 0 aromatic heterocycles. The highest BCUT2D eigenvalue weighted by molar-refractivity contribution is 9.09. The lowest BCUT2D eigenvalue weighted by Gasteiger charge is -2.17. The summed E-state index contributed by atoms with van der Waals surface area (Å²) in [5, 5.41) is 0. The van der Waals surface area contributed by atoms with Gasteiger partial charge in [0.15, 0.2) is 0 Å². The molecule has 0 amide bonds. The summed E-state index contributed by atoms with van der Waals surface area (Å²) in [5.74, 6) is 0. The first-order valence-corrected chi connectivity index (χ1v) is 7.34. The van der Waals surface area contributed by atoms with Crippen LogP contribution in [0.5, 0.6) is 0 Å². The number of halogens is 1. The summed E-state index contributed by atoms with van der Waals surface area (Å²) >= 11 is 3.87. The maximum atomic E-state index is 3.87. The van der Waals surface area contributed by atoms with Crippen molar-refractivity contribution in [2.45, 2.75) is 32.0 Å².